The third kappa shape index (κ3) is 2.14. The first-order valence-corrected chi connectivity index (χ1v) is 8.89. The van der Waals surface area contributed by atoms with Gasteiger partial charge in [0.15, 0.2) is 0 Å². The lowest BCUT2D eigenvalue weighted by molar-refractivity contribution is 0.100. The topological polar surface area (TPSA) is 24.9 Å². The molecule has 2 bridgehead atoms. The van der Waals surface area contributed by atoms with Gasteiger partial charge in [0, 0.05) is 17.1 Å². The summed E-state index contributed by atoms with van der Waals surface area (Å²) in [5.74, 6) is 0.902. The summed E-state index contributed by atoms with van der Waals surface area (Å²) in [6.45, 7) is 11.9. The molecule has 0 radical (unpaired) electrons. The second-order valence-corrected chi connectivity index (χ2v) is 8.90. The number of thiazole rings is 1. The Bertz CT molecular complexity index is 488. The van der Waals surface area contributed by atoms with E-state index in [9.17, 15) is 0 Å². The van der Waals surface area contributed by atoms with Crippen molar-refractivity contribution < 1.29 is 0 Å². The van der Waals surface area contributed by atoms with Crippen molar-refractivity contribution in [3.8, 4) is 0 Å². The van der Waals surface area contributed by atoms with E-state index in [1.54, 1.807) is 0 Å². The quantitative estimate of drug-likeness (QED) is 0.879. The summed E-state index contributed by atoms with van der Waals surface area (Å²) in [6.07, 6.45) is 7.37. The first-order chi connectivity index (χ1) is 9.37. The molecule has 2 nitrogen and oxygen atoms in total. The molecule has 2 unspecified atom stereocenters. The number of nitrogens with one attached hydrogen (secondary N) is 1. The highest BCUT2D eigenvalue weighted by atomic mass is 32.1. The highest BCUT2D eigenvalue weighted by Gasteiger charge is 2.59. The van der Waals surface area contributed by atoms with Crippen LogP contribution in [-0.2, 0) is 6.42 Å². The molecule has 0 aromatic carbocycles. The molecule has 2 aliphatic rings. The molecule has 1 N–H and O–H groups in total. The van der Waals surface area contributed by atoms with Gasteiger partial charge in [-0.15, -0.1) is 11.3 Å². The Morgan fingerprint density at radius 3 is 2.75 bits per heavy atom. The van der Waals surface area contributed by atoms with Gasteiger partial charge in [-0.05, 0) is 49.4 Å². The van der Waals surface area contributed by atoms with Crippen molar-refractivity contribution in [1.82, 2.24) is 10.3 Å². The SMILES string of the molecule is CCc1cnc(C(C)NC2C(C)(C)[C@H]3CC[C@]2(C)C3)s1. The summed E-state index contributed by atoms with van der Waals surface area (Å²) >= 11 is 1.87. The Morgan fingerprint density at radius 1 is 1.45 bits per heavy atom. The molecule has 0 saturated heterocycles. The van der Waals surface area contributed by atoms with Crippen molar-refractivity contribution in [3.63, 3.8) is 0 Å². The lowest BCUT2D eigenvalue weighted by Gasteiger charge is -2.44. The average Bonchev–Trinajstić information content (AvgIpc) is 3.05. The summed E-state index contributed by atoms with van der Waals surface area (Å²) in [6, 6.07) is 0.999. The van der Waals surface area contributed by atoms with Crippen LogP contribution in [0.5, 0.6) is 0 Å². The fourth-order valence-corrected chi connectivity index (χ4v) is 5.59. The first kappa shape index (κ1) is 14.5. The van der Waals surface area contributed by atoms with Crippen LogP contribution < -0.4 is 5.32 Å². The minimum atomic E-state index is 0.376. The monoisotopic (exact) mass is 292 g/mol. The molecule has 0 aliphatic heterocycles. The number of aromatic nitrogens is 1. The van der Waals surface area contributed by atoms with E-state index in [1.807, 2.05) is 17.5 Å². The van der Waals surface area contributed by atoms with Crippen LogP contribution in [0.2, 0.25) is 0 Å². The average molecular weight is 292 g/mol. The predicted octanol–water partition coefficient (Wildman–Crippen LogP) is 4.57. The van der Waals surface area contributed by atoms with E-state index in [1.165, 1.54) is 29.1 Å². The van der Waals surface area contributed by atoms with Crippen LogP contribution in [0.25, 0.3) is 0 Å². The van der Waals surface area contributed by atoms with E-state index >= 15 is 0 Å². The van der Waals surface area contributed by atoms with Gasteiger partial charge in [-0.2, -0.15) is 0 Å². The minimum absolute atomic E-state index is 0.376. The molecule has 1 aromatic rings. The van der Waals surface area contributed by atoms with Crippen molar-refractivity contribution in [3.05, 3.63) is 16.1 Å². The molecule has 0 spiro atoms. The van der Waals surface area contributed by atoms with Crippen molar-refractivity contribution in [2.75, 3.05) is 0 Å². The molecule has 3 rings (SSSR count). The normalized spacial score (nSPS) is 36.5. The van der Waals surface area contributed by atoms with Gasteiger partial charge in [0.2, 0.25) is 0 Å². The molecule has 2 aliphatic carbocycles. The van der Waals surface area contributed by atoms with Gasteiger partial charge in [0.05, 0.1) is 6.04 Å². The third-order valence-electron chi connectivity index (χ3n) is 5.98. The largest absolute Gasteiger partial charge is 0.304 e. The van der Waals surface area contributed by atoms with Crippen molar-refractivity contribution in [2.24, 2.45) is 16.7 Å². The van der Waals surface area contributed by atoms with Crippen molar-refractivity contribution in [2.45, 2.75) is 72.4 Å². The van der Waals surface area contributed by atoms with E-state index in [2.05, 4.69) is 44.9 Å². The van der Waals surface area contributed by atoms with Gasteiger partial charge in [0.1, 0.15) is 5.01 Å². The summed E-state index contributed by atoms with van der Waals surface area (Å²) in [4.78, 5) is 6.01. The summed E-state index contributed by atoms with van der Waals surface area (Å²) in [5, 5.41) is 5.20. The van der Waals surface area contributed by atoms with Gasteiger partial charge in [0.25, 0.3) is 0 Å². The molecule has 4 atom stereocenters. The van der Waals surface area contributed by atoms with Crippen molar-refractivity contribution >= 4 is 11.3 Å². The molecular weight excluding hydrogens is 264 g/mol. The van der Waals surface area contributed by atoms with Gasteiger partial charge in [-0.1, -0.05) is 27.7 Å². The summed E-state index contributed by atoms with van der Waals surface area (Å²) in [5.41, 5.74) is 0.916. The highest BCUT2D eigenvalue weighted by Crippen LogP contribution is 2.62. The fourth-order valence-electron chi connectivity index (χ4n) is 4.73. The van der Waals surface area contributed by atoms with E-state index in [-0.39, 0.29) is 0 Å². The molecule has 2 saturated carbocycles. The number of hydrogen-bond donors (Lipinski definition) is 1. The predicted molar refractivity (Wildman–Crippen MR) is 86.1 cm³/mol. The van der Waals surface area contributed by atoms with Crippen LogP contribution in [0.4, 0.5) is 0 Å². The lowest BCUT2D eigenvalue weighted by atomic mass is 9.68. The molecular formula is C17H28N2S. The highest BCUT2D eigenvalue weighted by molar-refractivity contribution is 7.11. The summed E-state index contributed by atoms with van der Waals surface area (Å²) in [7, 11) is 0. The van der Waals surface area contributed by atoms with Gasteiger partial charge < -0.3 is 5.32 Å². The number of hydrogen-bond acceptors (Lipinski definition) is 3. The van der Waals surface area contributed by atoms with Crippen LogP contribution >= 0.6 is 11.3 Å². The second kappa shape index (κ2) is 4.81. The number of aryl methyl sites for hydroxylation is 1. The maximum absolute atomic E-state index is 4.62. The molecule has 1 heterocycles. The van der Waals surface area contributed by atoms with Gasteiger partial charge in [-0.25, -0.2) is 4.98 Å². The molecule has 112 valence electrons. The lowest BCUT2D eigenvalue weighted by Crippen LogP contribution is -2.50. The Kier molecular flexibility index (Phi) is 3.49. The molecule has 3 heteroatoms. The van der Waals surface area contributed by atoms with Gasteiger partial charge in [-0.3, -0.25) is 0 Å². The molecule has 1 aromatic heterocycles. The van der Waals surface area contributed by atoms with Crippen molar-refractivity contribution in [1.29, 1.82) is 0 Å². The second-order valence-electron chi connectivity index (χ2n) is 7.75. The smallest absolute Gasteiger partial charge is 0.109 e. The molecule has 2 fully saturated rings. The van der Waals surface area contributed by atoms with Gasteiger partial charge >= 0.3 is 0 Å². The maximum Gasteiger partial charge on any atom is 0.109 e. The zero-order valence-corrected chi connectivity index (χ0v) is 14.3. The minimum Gasteiger partial charge on any atom is -0.304 e. The fraction of sp³-hybridized carbons (Fsp3) is 0.824. The van der Waals surface area contributed by atoms with Crippen LogP contribution in [-0.4, -0.2) is 11.0 Å². The maximum atomic E-state index is 4.62. The third-order valence-corrected chi connectivity index (χ3v) is 7.30. The van der Waals surface area contributed by atoms with E-state index in [0.29, 0.717) is 22.9 Å². The summed E-state index contributed by atoms with van der Waals surface area (Å²) < 4.78 is 0. The molecule has 0 amide bonds. The Labute approximate surface area is 127 Å². The number of fused-ring (bicyclic) bond motifs is 2. The van der Waals surface area contributed by atoms with Crippen LogP contribution in [0.1, 0.15) is 69.8 Å². The zero-order valence-electron chi connectivity index (χ0n) is 13.5. The van der Waals surface area contributed by atoms with Crippen LogP contribution in [0.3, 0.4) is 0 Å². The Balaban J connectivity index is 1.77. The standard InChI is InChI=1S/C17H28N2S/c1-6-13-10-18-14(20-13)11(2)19-15-16(3,4)12-7-8-17(15,5)9-12/h10-12,15,19H,6-9H2,1-5H3/t11?,12-,15?,17+/m0/s1. The zero-order chi connectivity index (χ0) is 14.5. The van der Waals surface area contributed by atoms with E-state index in [4.69, 9.17) is 0 Å². The van der Waals surface area contributed by atoms with Crippen LogP contribution in [0.15, 0.2) is 6.20 Å². The van der Waals surface area contributed by atoms with Crippen LogP contribution in [0, 0.1) is 16.7 Å². The van der Waals surface area contributed by atoms with E-state index in [0.717, 1.165) is 12.3 Å². The Morgan fingerprint density at radius 2 is 2.20 bits per heavy atom. The Hall–Kier alpha value is -0.410. The van der Waals surface area contributed by atoms with E-state index < -0.39 is 0 Å². The number of nitrogens with zero attached hydrogens (tertiary/aromatic N) is 1. The number of rotatable bonds is 4. The first-order valence-electron chi connectivity index (χ1n) is 8.07. The molecule has 20 heavy (non-hydrogen) atoms.